The third kappa shape index (κ3) is 2.84. The van der Waals surface area contributed by atoms with E-state index in [1.54, 1.807) is 0 Å². The number of thioether (sulfide) groups is 1. The molecule has 0 aromatic rings. The smallest absolute Gasteiger partial charge is 0.217 e. The van der Waals surface area contributed by atoms with Gasteiger partial charge in [0.05, 0.1) is 24.0 Å². The van der Waals surface area contributed by atoms with Crippen molar-refractivity contribution in [2.75, 3.05) is 6.61 Å². The molecular formula is C9H17NO4S. The van der Waals surface area contributed by atoms with Gasteiger partial charge in [-0.05, 0) is 0 Å². The number of amides is 1. The van der Waals surface area contributed by atoms with Gasteiger partial charge in [-0.3, -0.25) is 4.79 Å². The summed E-state index contributed by atoms with van der Waals surface area (Å²) in [4.78, 5) is 10.9. The molecule has 1 amide bonds. The Morgan fingerprint density at radius 3 is 2.47 bits per heavy atom. The molecule has 6 heteroatoms. The van der Waals surface area contributed by atoms with Crippen LogP contribution in [-0.4, -0.2) is 56.6 Å². The number of aliphatic hydroxyl groups is 3. The highest BCUT2D eigenvalue weighted by Gasteiger charge is 2.42. The molecule has 0 saturated carbocycles. The predicted octanol–water partition coefficient (Wildman–Crippen LogP) is -1.29. The van der Waals surface area contributed by atoms with Gasteiger partial charge < -0.3 is 20.6 Å². The fourth-order valence-electron chi connectivity index (χ4n) is 1.74. The number of nitrogens with one attached hydrogen (secondary N) is 1. The van der Waals surface area contributed by atoms with Crippen LogP contribution in [0.3, 0.4) is 0 Å². The summed E-state index contributed by atoms with van der Waals surface area (Å²) in [5.41, 5.74) is 0. The highest BCUT2D eigenvalue weighted by Crippen LogP contribution is 2.32. The second-order valence-corrected chi connectivity index (χ2v) is 5.39. The Morgan fingerprint density at radius 2 is 2.00 bits per heavy atom. The minimum atomic E-state index is -1.03. The average Bonchev–Trinajstić information content (AvgIpc) is 2.18. The molecule has 1 aliphatic heterocycles. The molecular weight excluding hydrogens is 218 g/mol. The average molecular weight is 235 g/mol. The molecule has 0 aromatic heterocycles. The Kier molecular flexibility index (Phi) is 4.39. The zero-order valence-corrected chi connectivity index (χ0v) is 9.57. The Labute approximate surface area is 92.9 Å². The van der Waals surface area contributed by atoms with E-state index < -0.39 is 18.2 Å². The van der Waals surface area contributed by atoms with E-state index in [1.165, 1.54) is 18.7 Å². The van der Waals surface area contributed by atoms with Crippen molar-refractivity contribution < 1.29 is 20.1 Å². The number of aliphatic hydroxyl groups excluding tert-OH is 3. The van der Waals surface area contributed by atoms with Gasteiger partial charge in [-0.15, -0.1) is 11.8 Å². The van der Waals surface area contributed by atoms with E-state index >= 15 is 0 Å². The summed E-state index contributed by atoms with van der Waals surface area (Å²) in [5, 5.41) is 30.6. The number of hydrogen-bond donors (Lipinski definition) is 4. The fourth-order valence-corrected chi connectivity index (χ4v) is 3.10. The van der Waals surface area contributed by atoms with E-state index in [-0.39, 0.29) is 23.0 Å². The maximum absolute atomic E-state index is 10.9. The Morgan fingerprint density at radius 1 is 1.40 bits per heavy atom. The zero-order valence-electron chi connectivity index (χ0n) is 8.75. The second-order valence-electron chi connectivity index (χ2n) is 3.77. The Bertz CT molecular complexity index is 238. The Hall–Kier alpha value is -0.300. The van der Waals surface area contributed by atoms with Gasteiger partial charge in [-0.1, -0.05) is 6.92 Å². The normalized spacial score (nSPS) is 41.3. The van der Waals surface area contributed by atoms with Crippen LogP contribution in [0.1, 0.15) is 13.8 Å². The lowest BCUT2D eigenvalue weighted by molar-refractivity contribution is -0.121. The van der Waals surface area contributed by atoms with Crippen molar-refractivity contribution in [3.8, 4) is 0 Å². The van der Waals surface area contributed by atoms with Crippen molar-refractivity contribution >= 4 is 17.7 Å². The molecule has 15 heavy (non-hydrogen) atoms. The molecule has 5 atom stereocenters. The first-order chi connectivity index (χ1) is 6.97. The maximum Gasteiger partial charge on any atom is 0.217 e. The van der Waals surface area contributed by atoms with Crippen molar-refractivity contribution in [3.63, 3.8) is 0 Å². The molecule has 0 radical (unpaired) electrons. The van der Waals surface area contributed by atoms with Crippen molar-refractivity contribution in [1.82, 2.24) is 5.32 Å². The van der Waals surface area contributed by atoms with Crippen molar-refractivity contribution in [2.24, 2.45) is 0 Å². The van der Waals surface area contributed by atoms with Gasteiger partial charge in [-0.2, -0.15) is 0 Å². The monoisotopic (exact) mass is 235 g/mol. The molecule has 0 spiro atoms. The summed E-state index contributed by atoms with van der Waals surface area (Å²) in [7, 11) is 0. The predicted molar refractivity (Wildman–Crippen MR) is 57.5 cm³/mol. The SMILES string of the molecule is CC(=O)NC1C(C)SC(CO)[C@@H](O)[C@@H]1O. The summed E-state index contributed by atoms with van der Waals surface area (Å²) in [6.45, 7) is 3.04. The molecule has 1 saturated heterocycles. The van der Waals surface area contributed by atoms with Crippen LogP contribution < -0.4 is 5.32 Å². The van der Waals surface area contributed by atoms with Crippen LogP contribution in [0.25, 0.3) is 0 Å². The van der Waals surface area contributed by atoms with Crippen molar-refractivity contribution in [1.29, 1.82) is 0 Å². The summed E-state index contributed by atoms with van der Waals surface area (Å²) >= 11 is 1.37. The minimum Gasteiger partial charge on any atom is -0.395 e. The molecule has 3 unspecified atom stereocenters. The van der Waals surface area contributed by atoms with Gasteiger partial charge in [0.2, 0.25) is 5.91 Å². The lowest BCUT2D eigenvalue weighted by Gasteiger charge is -2.40. The molecule has 1 fully saturated rings. The zero-order chi connectivity index (χ0) is 11.6. The van der Waals surface area contributed by atoms with Gasteiger partial charge in [0.1, 0.15) is 6.10 Å². The maximum atomic E-state index is 10.9. The van der Waals surface area contributed by atoms with Crippen molar-refractivity contribution in [3.05, 3.63) is 0 Å². The summed E-state index contributed by atoms with van der Waals surface area (Å²) in [5.74, 6) is -0.235. The molecule has 1 rings (SSSR count). The third-order valence-electron chi connectivity index (χ3n) is 2.54. The van der Waals surface area contributed by atoms with Crippen LogP contribution in [0.5, 0.6) is 0 Å². The first-order valence-electron chi connectivity index (χ1n) is 4.87. The molecule has 1 heterocycles. The highest BCUT2D eigenvalue weighted by atomic mass is 32.2. The quantitative estimate of drug-likeness (QED) is 0.478. The first kappa shape index (κ1) is 12.8. The van der Waals surface area contributed by atoms with Gasteiger partial charge in [-0.25, -0.2) is 0 Å². The van der Waals surface area contributed by atoms with Crippen LogP contribution in [0.2, 0.25) is 0 Å². The summed E-state index contributed by atoms with van der Waals surface area (Å²) in [6, 6.07) is -0.467. The van der Waals surface area contributed by atoms with Gasteiger partial charge in [0.15, 0.2) is 0 Å². The number of rotatable bonds is 2. The topological polar surface area (TPSA) is 89.8 Å². The molecule has 5 nitrogen and oxygen atoms in total. The lowest BCUT2D eigenvalue weighted by atomic mass is 9.99. The van der Waals surface area contributed by atoms with Crippen LogP contribution in [0.4, 0.5) is 0 Å². The van der Waals surface area contributed by atoms with Crippen LogP contribution in [0, 0.1) is 0 Å². The highest BCUT2D eigenvalue weighted by molar-refractivity contribution is 8.00. The number of carbonyl (C=O) groups is 1. The van der Waals surface area contributed by atoms with Gasteiger partial charge in [0.25, 0.3) is 0 Å². The summed E-state index contributed by atoms with van der Waals surface area (Å²) in [6.07, 6.45) is -2.03. The standard InChI is InChI=1S/C9H17NO4S/c1-4-7(10-5(2)12)9(14)8(13)6(3-11)15-4/h4,6-9,11,13-14H,3H2,1-2H3,(H,10,12)/t4?,6?,7?,8-,9-/m1/s1. The molecule has 0 bridgehead atoms. The van der Waals surface area contributed by atoms with Crippen LogP contribution in [0.15, 0.2) is 0 Å². The number of carbonyl (C=O) groups excluding carboxylic acids is 1. The van der Waals surface area contributed by atoms with E-state index in [4.69, 9.17) is 5.11 Å². The van der Waals surface area contributed by atoms with E-state index in [0.717, 1.165) is 0 Å². The molecule has 0 aromatic carbocycles. The Balaban J connectivity index is 2.70. The fraction of sp³-hybridized carbons (Fsp3) is 0.889. The van der Waals surface area contributed by atoms with Crippen molar-refractivity contribution in [2.45, 2.75) is 42.6 Å². The van der Waals surface area contributed by atoms with E-state index in [9.17, 15) is 15.0 Å². The second kappa shape index (κ2) is 5.16. The van der Waals surface area contributed by atoms with Crippen LogP contribution in [-0.2, 0) is 4.79 Å². The molecule has 4 N–H and O–H groups in total. The van der Waals surface area contributed by atoms with Gasteiger partial charge >= 0.3 is 0 Å². The third-order valence-corrected chi connectivity index (χ3v) is 4.04. The largest absolute Gasteiger partial charge is 0.395 e. The lowest BCUT2D eigenvalue weighted by Crippen LogP contribution is -2.59. The first-order valence-corrected chi connectivity index (χ1v) is 5.81. The molecule has 88 valence electrons. The minimum absolute atomic E-state index is 0.0375. The van der Waals surface area contributed by atoms with Crippen LogP contribution >= 0.6 is 11.8 Å². The van der Waals surface area contributed by atoms with E-state index in [2.05, 4.69) is 5.32 Å². The van der Waals surface area contributed by atoms with Gasteiger partial charge in [0, 0.05) is 12.2 Å². The molecule has 1 aliphatic rings. The molecule has 0 aliphatic carbocycles. The number of hydrogen-bond acceptors (Lipinski definition) is 5. The van der Waals surface area contributed by atoms with E-state index in [0.29, 0.717) is 0 Å². The van der Waals surface area contributed by atoms with E-state index in [1.807, 2.05) is 6.92 Å². The summed E-state index contributed by atoms with van der Waals surface area (Å²) < 4.78 is 0.